The van der Waals surface area contributed by atoms with Gasteiger partial charge in [-0.1, -0.05) is 0 Å². The lowest BCUT2D eigenvalue weighted by atomic mass is 11.0. The van der Waals surface area contributed by atoms with Crippen molar-refractivity contribution in [2.75, 3.05) is 0 Å². The summed E-state index contributed by atoms with van der Waals surface area (Å²) < 4.78 is 3.76. The van der Waals surface area contributed by atoms with Gasteiger partial charge in [-0.05, 0) is 0 Å². The van der Waals surface area contributed by atoms with Crippen molar-refractivity contribution in [1.29, 1.82) is 0 Å². The maximum absolute atomic E-state index is 9.93. The molecule has 8 heavy (non-hydrogen) atoms. The zero-order valence-corrected chi connectivity index (χ0v) is 4.01. The molecule has 0 rings (SSSR count). The molecule has 0 heterocycles. The number of amides is 3. The summed E-state index contributed by atoms with van der Waals surface area (Å²) in [6.07, 6.45) is -0.961. The minimum Gasteiger partial charge on any atom is -0.446 e. The third-order valence-electron chi connectivity index (χ3n) is 0.356. The third kappa shape index (κ3) is 2.95. The molecule has 0 aromatic heterocycles. The van der Waals surface area contributed by atoms with Gasteiger partial charge in [0, 0.05) is 0 Å². The molecule has 0 bridgehead atoms. The summed E-state index contributed by atoms with van der Waals surface area (Å²) in [5, 5.41) is 1.61. The van der Waals surface area contributed by atoms with Gasteiger partial charge in [0.1, 0.15) is 7.11 Å². The summed E-state index contributed by atoms with van der Waals surface area (Å²) in [7, 11) is 2.72. The summed E-state index contributed by atoms with van der Waals surface area (Å²) in [4.78, 5) is 19.7. The second kappa shape index (κ2) is 2.84. The van der Waals surface area contributed by atoms with Crippen molar-refractivity contribution < 1.29 is 14.3 Å². The van der Waals surface area contributed by atoms with Crippen molar-refractivity contribution in [2.24, 2.45) is 5.73 Å². The highest BCUT2D eigenvalue weighted by atomic mass is 16.5. The molecule has 0 aliphatic rings. The Morgan fingerprint density at radius 2 is 2.12 bits per heavy atom. The Morgan fingerprint density at radius 1 is 1.62 bits per heavy atom. The topological polar surface area (TPSA) is 81.4 Å². The maximum Gasteiger partial charge on any atom is 0.415 e. The maximum atomic E-state index is 9.93. The average Bonchev–Trinajstić information content (AvgIpc) is 1.65. The number of alkyl carbamates (subject to hydrolysis) is 1. The summed E-state index contributed by atoms with van der Waals surface area (Å²) in [5.74, 6) is 0. The number of imide groups is 1. The number of urea groups is 1. The van der Waals surface area contributed by atoms with Gasteiger partial charge < -0.3 is 10.5 Å². The number of nitrogens with two attached hydrogens (primary N) is 1. The molecular weight excluding hydrogens is 112 g/mol. The zero-order chi connectivity index (χ0) is 6.57. The molecule has 0 unspecified atom stereocenters. The zero-order valence-electron chi connectivity index (χ0n) is 4.01. The van der Waals surface area contributed by atoms with Crippen LogP contribution in [0.2, 0.25) is 0 Å². The molecule has 45 valence electrons. The first-order chi connectivity index (χ1) is 3.66. The molecule has 0 aromatic carbocycles. The predicted octanol–water partition coefficient (Wildman–Crippen LogP) is -0.417. The van der Waals surface area contributed by atoms with Crippen LogP contribution in [0, 0.1) is 7.11 Å². The normalized spacial score (nSPS) is 7.62. The van der Waals surface area contributed by atoms with Crippen LogP contribution >= 0.6 is 0 Å². The number of ether oxygens (including phenoxy) is 1. The molecule has 0 aliphatic heterocycles. The lowest BCUT2D eigenvalue weighted by molar-refractivity contribution is 0.183. The van der Waals surface area contributed by atoms with Crippen molar-refractivity contribution in [2.45, 2.75) is 0 Å². The Hall–Kier alpha value is -1.26. The quantitative estimate of drug-likeness (QED) is 0.452. The molecule has 5 heteroatoms. The molecule has 0 fully saturated rings. The fourth-order valence-corrected chi connectivity index (χ4v) is 0.137. The Kier molecular flexibility index (Phi) is 2.39. The van der Waals surface area contributed by atoms with E-state index < -0.39 is 12.1 Å². The van der Waals surface area contributed by atoms with Crippen LogP contribution in [0.5, 0.6) is 0 Å². The smallest absolute Gasteiger partial charge is 0.415 e. The van der Waals surface area contributed by atoms with E-state index in [1.165, 1.54) is 0 Å². The molecule has 0 saturated heterocycles. The van der Waals surface area contributed by atoms with E-state index in [1.807, 2.05) is 0 Å². The van der Waals surface area contributed by atoms with Gasteiger partial charge in [-0.25, -0.2) is 14.9 Å². The summed E-state index contributed by atoms with van der Waals surface area (Å²) >= 11 is 0. The number of nitrogens with one attached hydrogen (secondary N) is 1. The lowest BCUT2D eigenvalue weighted by Gasteiger charge is -1.93. The van der Waals surface area contributed by atoms with Crippen LogP contribution < -0.4 is 11.1 Å². The van der Waals surface area contributed by atoms with Crippen molar-refractivity contribution in [1.82, 2.24) is 5.32 Å². The highest BCUT2D eigenvalue weighted by molar-refractivity contribution is 5.89. The van der Waals surface area contributed by atoms with E-state index in [-0.39, 0.29) is 0 Å². The fraction of sp³-hybridized carbons (Fsp3) is 0. The van der Waals surface area contributed by atoms with Crippen molar-refractivity contribution >= 4 is 12.1 Å². The van der Waals surface area contributed by atoms with E-state index in [9.17, 15) is 9.59 Å². The Labute approximate surface area is 45.8 Å². The SMILES string of the molecule is [CH2]OC(=O)NC(N)=O. The number of hydrogen-bond acceptors (Lipinski definition) is 3. The number of rotatable bonds is 0. The molecule has 0 saturated carbocycles. The van der Waals surface area contributed by atoms with Crippen molar-refractivity contribution in [3.8, 4) is 0 Å². The molecular formula is C3H5N2O3. The fourth-order valence-electron chi connectivity index (χ4n) is 0.137. The summed E-state index contributed by atoms with van der Waals surface area (Å²) in [5.41, 5.74) is 4.49. The van der Waals surface area contributed by atoms with Gasteiger partial charge in [-0.3, -0.25) is 0 Å². The van der Waals surface area contributed by atoms with Crippen LogP contribution in [0.1, 0.15) is 0 Å². The highest BCUT2D eigenvalue weighted by Gasteiger charge is 1.99. The van der Waals surface area contributed by atoms with E-state index >= 15 is 0 Å². The molecule has 3 N–H and O–H groups in total. The van der Waals surface area contributed by atoms with Gasteiger partial charge in [0.25, 0.3) is 0 Å². The molecule has 1 radical (unpaired) electrons. The standard InChI is InChI=1S/C3H5N2O3/c1-8-3(7)5-2(4)6/h1H2,(H3,4,5,6,7). The Morgan fingerprint density at radius 3 is 2.25 bits per heavy atom. The highest BCUT2D eigenvalue weighted by Crippen LogP contribution is 1.68. The third-order valence-corrected chi connectivity index (χ3v) is 0.356. The summed E-state index contributed by atoms with van der Waals surface area (Å²) in [6.45, 7) is 0. The summed E-state index contributed by atoms with van der Waals surface area (Å²) in [6, 6.07) is -0.960. The van der Waals surface area contributed by atoms with Crippen LogP contribution in [-0.4, -0.2) is 12.1 Å². The van der Waals surface area contributed by atoms with Crippen molar-refractivity contribution in [3.63, 3.8) is 0 Å². The Bertz CT molecular complexity index is 111. The van der Waals surface area contributed by atoms with Crippen LogP contribution in [0.25, 0.3) is 0 Å². The number of carbonyl (C=O) groups is 2. The van der Waals surface area contributed by atoms with E-state index in [0.29, 0.717) is 0 Å². The second-order valence-electron chi connectivity index (χ2n) is 0.921. The molecule has 3 amide bonds. The van der Waals surface area contributed by atoms with E-state index in [4.69, 9.17) is 0 Å². The Balaban J connectivity index is 3.40. The molecule has 0 spiro atoms. The number of primary amides is 1. The van der Waals surface area contributed by atoms with E-state index in [0.717, 1.165) is 0 Å². The van der Waals surface area contributed by atoms with Crippen LogP contribution in [0.15, 0.2) is 0 Å². The first-order valence-electron chi connectivity index (χ1n) is 1.69. The molecule has 0 aliphatic carbocycles. The van der Waals surface area contributed by atoms with E-state index in [2.05, 4.69) is 17.6 Å². The van der Waals surface area contributed by atoms with Gasteiger partial charge >= 0.3 is 12.1 Å². The first-order valence-corrected chi connectivity index (χ1v) is 1.69. The second-order valence-corrected chi connectivity index (χ2v) is 0.921. The van der Waals surface area contributed by atoms with Gasteiger partial charge in [0.15, 0.2) is 0 Å². The van der Waals surface area contributed by atoms with Gasteiger partial charge in [0.05, 0.1) is 0 Å². The lowest BCUT2D eigenvalue weighted by Crippen LogP contribution is -2.34. The number of carbonyl (C=O) groups excluding carboxylic acids is 2. The van der Waals surface area contributed by atoms with Gasteiger partial charge in [-0.2, -0.15) is 0 Å². The monoisotopic (exact) mass is 117 g/mol. The average molecular weight is 117 g/mol. The van der Waals surface area contributed by atoms with Crippen LogP contribution in [0.3, 0.4) is 0 Å². The van der Waals surface area contributed by atoms with E-state index in [1.54, 1.807) is 5.32 Å². The van der Waals surface area contributed by atoms with Crippen LogP contribution in [-0.2, 0) is 4.74 Å². The largest absolute Gasteiger partial charge is 0.446 e. The predicted molar refractivity (Wildman–Crippen MR) is 24.6 cm³/mol. The number of hydrogen-bond donors (Lipinski definition) is 2. The molecule has 0 aromatic rings. The van der Waals surface area contributed by atoms with Crippen LogP contribution in [0.4, 0.5) is 9.59 Å². The minimum atomic E-state index is -0.961. The first kappa shape index (κ1) is 6.74. The molecule has 0 atom stereocenters. The van der Waals surface area contributed by atoms with Crippen molar-refractivity contribution in [3.05, 3.63) is 7.11 Å². The van der Waals surface area contributed by atoms with Gasteiger partial charge in [0.2, 0.25) is 0 Å². The molecule has 5 nitrogen and oxygen atoms in total. The van der Waals surface area contributed by atoms with Gasteiger partial charge in [-0.15, -0.1) is 0 Å². The minimum absolute atomic E-state index is 0.960.